The number of piperazine rings is 1. The molecule has 2 amide bonds. The summed E-state index contributed by atoms with van der Waals surface area (Å²) in [4.78, 5) is 28.5. The van der Waals surface area contributed by atoms with E-state index in [-0.39, 0.29) is 12.5 Å². The van der Waals surface area contributed by atoms with Crippen LogP contribution in [0.1, 0.15) is 13.3 Å². The highest BCUT2D eigenvalue weighted by molar-refractivity contribution is 5.82. The summed E-state index contributed by atoms with van der Waals surface area (Å²) in [5.74, 6) is 0.659. The van der Waals surface area contributed by atoms with Crippen LogP contribution < -0.4 is 25.2 Å². The van der Waals surface area contributed by atoms with Crippen LogP contribution >= 0.6 is 0 Å². The zero-order valence-electron chi connectivity index (χ0n) is 17.9. The number of hydrogen-bond acceptors (Lipinski definition) is 6. The van der Waals surface area contributed by atoms with E-state index in [4.69, 9.17) is 9.47 Å². The molecular formula is C23H30N4O4. The molecule has 0 bridgehead atoms. The van der Waals surface area contributed by atoms with Crippen molar-refractivity contribution in [2.75, 3.05) is 50.8 Å². The fourth-order valence-corrected chi connectivity index (χ4v) is 3.31. The standard InChI is InChI=1S/C23H30N4O4/c1-2-30-20-8-10-21(11-9-20)31-18-23(29)25-24-22(28)12-13-26-14-16-27(17-15-26)19-6-4-3-5-7-19/h3-11H,2,12-18H2,1H3,(H,24,28)(H,25,29). The van der Waals surface area contributed by atoms with Crippen molar-refractivity contribution in [3.63, 3.8) is 0 Å². The van der Waals surface area contributed by atoms with Crippen molar-refractivity contribution in [3.8, 4) is 11.5 Å². The molecule has 166 valence electrons. The lowest BCUT2D eigenvalue weighted by Crippen LogP contribution is -2.48. The molecule has 2 N–H and O–H groups in total. The SMILES string of the molecule is CCOc1ccc(OCC(=O)NNC(=O)CCN2CCN(c3ccccc3)CC2)cc1. The normalized spacial score (nSPS) is 14.0. The van der Waals surface area contributed by atoms with Crippen LogP contribution in [0.25, 0.3) is 0 Å². The van der Waals surface area contributed by atoms with E-state index >= 15 is 0 Å². The molecule has 3 rings (SSSR count). The van der Waals surface area contributed by atoms with Gasteiger partial charge in [0.2, 0.25) is 5.91 Å². The smallest absolute Gasteiger partial charge is 0.276 e. The van der Waals surface area contributed by atoms with Gasteiger partial charge in [0.25, 0.3) is 5.91 Å². The van der Waals surface area contributed by atoms with Crippen LogP contribution in [0, 0.1) is 0 Å². The van der Waals surface area contributed by atoms with Gasteiger partial charge in [-0.15, -0.1) is 0 Å². The Bertz CT molecular complexity index is 821. The Kier molecular flexibility index (Phi) is 8.54. The van der Waals surface area contributed by atoms with Gasteiger partial charge in [-0.1, -0.05) is 18.2 Å². The topological polar surface area (TPSA) is 83.1 Å². The Balaban J connectivity index is 1.27. The number of carbonyl (C=O) groups excluding carboxylic acids is 2. The fourth-order valence-electron chi connectivity index (χ4n) is 3.31. The molecule has 31 heavy (non-hydrogen) atoms. The Hall–Kier alpha value is -3.26. The van der Waals surface area contributed by atoms with Crippen LogP contribution in [0.4, 0.5) is 5.69 Å². The van der Waals surface area contributed by atoms with E-state index in [1.807, 2.05) is 25.1 Å². The van der Waals surface area contributed by atoms with Gasteiger partial charge in [0.15, 0.2) is 6.61 Å². The maximum Gasteiger partial charge on any atom is 0.276 e. The molecule has 8 nitrogen and oxygen atoms in total. The molecule has 0 saturated carbocycles. The zero-order valence-corrected chi connectivity index (χ0v) is 17.9. The number of amides is 2. The Morgan fingerprint density at radius 3 is 2.10 bits per heavy atom. The first-order chi connectivity index (χ1) is 15.1. The number of anilines is 1. The zero-order chi connectivity index (χ0) is 21.9. The molecule has 1 fully saturated rings. The van der Waals surface area contributed by atoms with Gasteiger partial charge in [0.1, 0.15) is 11.5 Å². The van der Waals surface area contributed by atoms with Crippen molar-refractivity contribution in [1.82, 2.24) is 15.8 Å². The molecule has 8 heteroatoms. The number of nitrogens with one attached hydrogen (secondary N) is 2. The number of para-hydroxylation sites is 1. The van der Waals surface area contributed by atoms with Crippen molar-refractivity contribution in [3.05, 3.63) is 54.6 Å². The van der Waals surface area contributed by atoms with Crippen molar-refractivity contribution in [1.29, 1.82) is 0 Å². The minimum atomic E-state index is -0.418. The van der Waals surface area contributed by atoms with E-state index in [1.165, 1.54) is 5.69 Å². The second kappa shape index (κ2) is 11.8. The van der Waals surface area contributed by atoms with Gasteiger partial charge in [0, 0.05) is 44.8 Å². The van der Waals surface area contributed by atoms with Crippen LogP contribution in [-0.4, -0.2) is 62.7 Å². The van der Waals surface area contributed by atoms with Crippen LogP contribution in [-0.2, 0) is 9.59 Å². The number of ether oxygens (including phenoxy) is 2. The third kappa shape index (κ3) is 7.49. The maximum absolute atomic E-state index is 12.0. The van der Waals surface area contributed by atoms with Gasteiger partial charge in [0.05, 0.1) is 6.61 Å². The van der Waals surface area contributed by atoms with E-state index < -0.39 is 5.91 Å². The quantitative estimate of drug-likeness (QED) is 0.596. The van der Waals surface area contributed by atoms with Crippen LogP contribution in [0.2, 0.25) is 0 Å². The van der Waals surface area contributed by atoms with Crippen LogP contribution in [0.15, 0.2) is 54.6 Å². The minimum absolute atomic E-state index is 0.185. The van der Waals surface area contributed by atoms with Crippen molar-refractivity contribution < 1.29 is 19.1 Å². The summed E-state index contributed by atoms with van der Waals surface area (Å²) in [6.07, 6.45) is 0.325. The lowest BCUT2D eigenvalue weighted by Gasteiger charge is -2.36. The summed E-state index contributed by atoms with van der Waals surface area (Å²) in [6.45, 7) is 6.66. The van der Waals surface area contributed by atoms with Gasteiger partial charge in [-0.05, 0) is 43.3 Å². The average molecular weight is 427 g/mol. The predicted molar refractivity (Wildman–Crippen MR) is 119 cm³/mol. The van der Waals surface area contributed by atoms with E-state index in [9.17, 15) is 9.59 Å². The van der Waals surface area contributed by atoms with Crippen molar-refractivity contribution >= 4 is 17.5 Å². The highest BCUT2D eigenvalue weighted by atomic mass is 16.5. The maximum atomic E-state index is 12.0. The third-order valence-electron chi connectivity index (χ3n) is 4.99. The van der Waals surface area contributed by atoms with Gasteiger partial charge in [-0.25, -0.2) is 0 Å². The fraction of sp³-hybridized carbons (Fsp3) is 0.391. The molecule has 1 aliphatic heterocycles. The highest BCUT2D eigenvalue weighted by Crippen LogP contribution is 2.17. The highest BCUT2D eigenvalue weighted by Gasteiger charge is 2.17. The largest absolute Gasteiger partial charge is 0.494 e. The lowest BCUT2D eigenvalue weighted by molar-refractivity contribution is -0.130. The molecule has 0 radical (unpaired) electrons. The summed E-state index contributed by atoms with van der Waals surface area (Å²) in [7, 11) is 0. The molecule has 1 aliphatic rings. The molecule has 1 saturated heterocycles. The number of rotatable bonds is 9. The predicted octanol–water partition coefficient (Wildman–Crippen LogP) is 1.82. The second-order valence-electron chi connectivity index (χ2n) is 7.20. The van der Waals surface area contributed by atoms with E-state index in [0.29, 0.717) is 25.3 Å². The molecule has 2 aromatic carbocycles. The van der Waals surface area contributed by atoms with Crippen LogP contribution in [0.5, 0.6) is 11.5 Å². The van der Waals surface area contributed by atoms with Gasteiger partial charge < -0.3 is 14.4 Å². The molecule has 0 atom stereocenters. The first-order valence-electron chi connectivity index (χ1n) is 10.6. The van der Waals surface area contributed by atoms with E-state index in [0.717, 1.165) is 31.9 Å². The summed E-state index contributed by atoms with van der Waals surface area (Å²) < 4.78 is 10.8. The van der Waals surface area contributed by atoms with Crippen molar-refractivity contribution in [2.24, 2.45) is 0 Å². The molecule has 0 unspecified atom stereocenters. The number of carbonyl (C=O) groups is 2. The molecule has 0 aliphatic carbocycles. The first-order valence-corrected chi connectivity index (χ1v) is 10.6. The molecule has 2 aromatic rings. The number of nitrogens with zero attached hydrogens (tertiary/aromatic N) is 2. The summed E-state index contributed by atoms with van der Waals surface area (Å²) in [5.41, 5.74) is 6.06. The van der Waals surface area contributed by atoms with E-state index in [1.54, 1.807) is 24.3 Å². The Morgan fingerprint density at radius 1 is 0.839 bits per heavy atom. The molecule has 0 spiro atoms. The first kappa shape index (κ1) is 22.4. The third-order valence-corrected chi connectivity index (χ3v) is 4.99. The second-order valence-corrected chi connectivity index (χ2v) is 7.20. The average Bonchev–Trinajstić information content (AvgIpc) is 2.82. The lowest BCUT2D eigenvalue weighted by atomic mass is 10.2. The van der Waals surface area contributed by atoms with E-state index in [2.05, 4.69) is 32.8 Å². The van der Waals surface area contributed by atoms with Crippen molar-refractivity contribution in [2.45, 2.75) is 13.3 Å². The Morgan fingerprint density at radius 2 is 1.45 bits per heavy atom. The van der Waals surface area contributed by atoms with Crippen LogP contribution in [0.3, 0.4) is 0 Å². The number of hydrazine groups is 1. The number of hydrogen-bond donors (Lipinski definition) is 2. The molecule has 1 heterocycles. The molecule has 0 aromatic heterocycles. The summed E-state index contributed by atoms with van der Waals surface area (Å²) in [6, 6.07) is 17.4. The van der Waals surface area contributed by atoms with Gasteiger partial charge >= 0.3 is 0 Å². The van der Waals surface area contributed by atoms with Gasteiger partial charge in [-0.3, -0.25) is 25.3 Å². The molecular weight excluding hydrogens is 396 g/mol. The number of benzene rings is 2. The Labute approximate surface area is 183 Å². The monoisotopic (exact) mass is 426 g/mol. The summed E-state index contributed by atoms with van der Waals surface area (Å²) >= 11 is 0. The summed E-state index contributed by atoms with van der Waals surface area (Å²) in [5, 5.41) is 0. The minimum Gasteiger partial charge on any atom is -0.494 e. The van der Waals surface area contributed by atoms with Gasteiger partial charge in [-0.2, -0.15) is 0 Å².